The number of nitrogens with zero attached hydrogens (tertiary/aromatic N) is 3. The van der Waals surface area contributed by atoms with Crippen molar-refractivity contribution in [3.05, 3.63) is 24.8 Å². The Morgan fingerprint density at radius 2 is 2.30 bits per heavy atom. The molecule has 2 aromatic rings. The van der Waals surface area contributed by atoms with Gasteiger partial charge in [-0.3, -0.25) is 9.38 Å². The van der Waals surface area contributed by atoms with Crippen LogP contribution in [0.25, 0.3) is 5.65 Å². The van der Waals surface area contributed by atoms with Crippen molar-refractivity contribution in [2.24, 2.45) is 0 Å². The molecule has 0 N–H and O–H groups in total. The number of rotatable bonds is 0. The molecule has 0 aromatic carbocycles. The van der Waals surface area contributed by atoms with E-state index >= 15 is 0 Å². The molecule has 0 spiro atoms. The molecule has 2 heterocycles. The summed E-state index contributed by atoms with van der Waals surface area (Å²) in [5.74, 6) is 0. The molecular weight excluding hydrogens is 141 g/mol. The van der Waals surface area contributed by atoms with Crippen LogP contribution in [0.1, 0.15) is 0 Å². The van der Waals surface area contributed by atoms with Crippen LogP contribution >= 0.6 is 0 Å². The van der Waals surface area contributed by atoms with Crippen molar-refractivity contribution in [1.29, 1.82) is 0 Å². The molecule has 0 fully saturated rings. The Hall–Kier alpha value is -0.848. The van der Waals surface area contributed by atoms with Crippen LogP contribution in [0.3, 0.4) is 0 Å². The van der Waals surface area contributed by atoms with E-state index in [1.54, 1.807) is 12.5 Å². The summed E-state index contributed by atoms with van der Waals surface area (Å²) in [7, 11) is 0. The van der Waals surface area contributed by atoms with E-state index in [4.69, 9.17) is 0 Å². The van der Waals surface area contributed by atoms with E-state index in [0.717, 1.165) is 26.5 Å². The molecule has 0 saturated heterocycles. The SMILES string of the molecule is [AlH2][c]1cc2nccn2cn1. The highest BCUT2D eigenvalue weighted by atomic mass is 27.0. The van der Waals surface area contributed by atoms with Gasteiger partial charge in [0.15, 0.2) is 0 Å². The number of fused-ring (bicyclic) bond motifs is 1. The molecule has 2 rings (SSSR count). The van der Waals surface area contributed by atoms with Gasteiger partial charge in [0.05, 0.1) is 6.33 Å². The van der Waals surface area contributed by atoms with E-state index in [2.05, 4.69) is 9.97 Å². The third kappa shape index (κ3) is 0.822. The van der Waals surface area contributed by atoms with Gasteiger partial charge >= 0.3 is 0 Å². The van der Waals surface area contributed by atoms with Gasteiger partial charge in [-0.2, -0.15) is 0 Å². The summed E-state index contributed by atoms with van der Waals surface area (Å²) in [6, 6.07) is 2.01. The van der Waals surface area contributed by atoms with E-state index in [1.165, 1.54) is 0 Å². The van der Waals surface area contributed by atoms with Crippen LogP contribution in [0.4, 0.5) is 0 Å². The van der Waals surface area contributed by atoms with Crippen molar-refractivity contribution in [2.45, 2.75) is 0 Å². The highest BCUT2D eigenvalue weighted by Crippen LogP contribution is 1.92. The summed E-state index contributed by atoms with van der Waals surface area (Å²) in [6.45, 7) is 0. The first kappa shape index (κ1) is 5.90. The minimum Gasteiger partial charge on any atom is -0.291 e. The quantitative estimate of drug-likeness (QED) is 0.447. The van der Waals surface area contributed by atoms with Crippen molar-refractivity contribution < 1.29 is 0 Å². The van der Waals surface area contributed by atoms with Crippen LogP contribution in [-0.2, 0) is 0 Å². The maximum Gasteiger partial charge on any atom is 0.290 e. The van der Waals surface area contributed by atoms with Gasteiger partial charge in [0.25, 0.3) is 16.3 Å². The van der Waals surface area contributed by atoms with E-state index < -0.39 is 0 Å². The molecule has 4 heteroatoms. The van der Waals surface area contributed by atoms with Crippen LogP contribution in [0, 0.1) is 0 Å². The molecule has 0 bridgehead atoms. The third-order valence-corrected chi connectivity index (χ3v) is 1.97. The highest BCUT2D eigenvalue weighted by molar-refractivity contribution is 6.30. The van der Waals surface area contributed by atoms with Gasteiger partial charge in [0.1, 0.15) is 5.65 Å². The highest BCUT2D eigenvalue weighted by Gasteiger charge is 1.91. The largest absolute Gasteiger partial charge is 0.291 e. The maximum absolute atomic E-state index is 4.16. The number of imidazole rings is 1. The average molecular weight is 147 g/mol. The number of hydrogen-bond acceptors (Lipinski definition) is 2. The Bertz CT molecular complexity index is 355. The fourth-order valence-corrected chi connectivity index (χ4v) is 1.29. The summed E-state index contributed by atoms with van der Waals surface area (Å²) in [5, 5.41) is 0. The smallest absolute Gasteiger partial charge is 0.290 e. The summed E-state index contributed by atoms with van der Waals surface area (Å²) >= 11 is 0.990. The van der Waals surface area contributed by atoms with E-state index in [-0.39, 0.29) is 0 Å². The first-order chi connectivity index (χ1) is 4.86. The van der Waals surface area contributed by atoms with Crippen LogP contribution in [0.15, 0.2) is 24.8 Å². The fraction of sp³-hybridized carbons (Fsp3) is 0. The molecule has 2 aromatic heterocycles. The summed E-state index contributed by atoms with van der Waals surface area (Å²) in [5.41, 5.74) is 0.986. The first-order valence-electron chi connectivity index (χ1n) is 3.11. The topological polar surface area (TPSA) is 30.2 Å². The second-order valence-electron chi connectivity index (χ2n) is 2.22. The predicted molar refractivity (Wildman–Crippen MR) is 41.2 cm³/mol. The molecule has 0 radical (unpaired) electrons. The van der Waals surface area contributed by atoms with Crippen molar-refractivity contribution in [1.82, 2.24) is 14.4 Å². The van der Waals surface area contributed by atoms with Crippen LogP contribution in [0.5, 0.6) is 0 Å². The lowest BCUT2D eigenvalue weighted by Gasteiger charge is -1.92. The third-order valence-electron chi connectivity index (χ3n) is 1.42. The lowest BCUT2D eigenvalue weighted by Crippen LogP contribution is -2.08. The van der Waals surface area contributed by atoms with Gasteiger partial charge in [-0.25, -0.2) is 4.98 Å². The van der Waals surface area contributed by atoms with E-state index in [1.807, 2.05) is 16.7 Å². The normalized spacial score (nSPS) is 10.4. The van der Waals surface area contributed by atoms with Crippen LogP contribution in [-0.4, -0.2) is 30.7 Å². The Kier molecular flexibility index (Phi) is 1.23. The molecule has 0 atom stereocenters. The fourth-order valence-electron chi connectivity index (χ4n) is 0.911. The van der Waals surface area contributed by atoms with E-state index in [9.17, 15) is 0 Å². The molecule has 10 heavy (non-hydrogen) atoms. The summed E-state index contributed by atoms with van der Waals surface area (Å²) < 4.78 is 3.04. The molecule has 0 saturated carbocycles. The van der Waals surface area contributed by atoms with Gasteiger partial charge in [-0.1, -0.05) is 0 Å². The molecule has 0 aliphatic rings. The summed E-state index contributed by atoms with van der Waals surface area (Å²) in [6.07, 6.45) is 5.46. The zero-order valence-electron chi connectivity index (χ0n) is 5.65. The average Bonchev–Trinajstić information content (AvgIpc) is 2.33. The molecular formula is C6H6AlN3. The van der Waals surface area contributed by atoms with Crippen LogP contribution < -0.4 is 4.56 Å². The van der Waals surface area contributed by atoms with Gasteiger partial charge in [0.2, 0.25) is 0 Å². The predicted octanol–water partition coefficient (Wildman–Crippen LogP) is -1.01. The Morgan fingerprint density at radius 3 is 3.20 bits per heavy atom. The standard InChI is InChI=1S/C6H4N3.Al.2H/c1-2-7-5-9-4-3-8-6(1)9;;;/h1,3-5H;;;. The molecule has 3 nitrogen and oxygen atoms in total. The molecule has 0 aliphatic heterocycles. The van der Waals surface area contributed by atoms with Crippen LogP contribution in [0.2, 0.25) is 0 Å². The van der Waals surface area contributed by atoms with Crippen molar-refractivity contribution in [2.75, 3.05) is 0 Å². The minimum atomic E-state index is 0.986. The zero-order valence-corrected chi connectivity index (χ0v) is 7.65. The van der Waals surface area contributed by atoms with Gasteiger partial charge in [0, 0.05) is 12.4 Å². The van der Waals surface area contributed by atoms with Gasteiger partial charge in [-0.05, 0) is 10.6 Å². The maximum atomic E-state index is 4.16. The first-order valence-corrected chi connectivity index (χ1v) is 4.11. The van der Waals surface area contributed by atoms with Gasteiger partial charge in [-0.15, -0.1) is 0 Å². The van der Waals surface area contributed by atoms with Crippen molar-refractivity contribution in [3.63, 3.8) is 0 Å². The van der Waals surface area contributed by atoms with E-state index in [0.29, 0.717) is 0 Å². The molecule has 0 unspecified atom stereocenters. The number of aromatic nitrogens is 3. The molecule has 48 valence electrons. The second-order valence-corrected chi connectivity index (χ2v) is 3.25. The second kappa shape index (κ2) is 2.08. The van der Waals surface area contributed by atoms with Crippen molar-refractivity contribution in [3.8, 4) is 0 Å². The lowest BCUT2D eigenvalue weighted by atomic mass is 10.6. The Morgan fingerprint density at radius 1 is 1.40 bits per heavy atom. The zero-order chi connectivity index (χ0) is 6.97. The summed E-state index contributed by atoms with van der Waals surface area (Å²) in [4.78, 5) is 8.29. The number of hydrogen-bond donors (Lipinski definition) is 0. The molecule has 0 amide bonds. The Balaban J connectivity index is 2.86. The molecule has 0 aliphatic carbocycles. The van der Waals surface area contributed by atoms with Gasteiger partial charge < -0.3 is 0 Å². The Labute approximate surface area is 66.2 Å². The monoisotopic (exact) mass is 147 g/mol. The van der Waals surface area contributed by atoms with Crippen molar-refractivity contribution >= 4 is 26.5 Å². The lowest BCUT2D eigenvalue weighted by molar-refractivity contribution is 1.10. The minimum absolute atomic E-state index is 0.986.